The lowest BCUT2D eigenvalue weighted by Gasteiger charge is -2.36. The maximum atomic E-state index is 9.16. The third kappa shape index (κ3) is 1.34. The van der Waals surface area contributed by atoms with Crippen LogP contribution in [0.4, 0.5) is 0 Å². The highest BCUT2D eigenvalue weighted by Gasteiger charge is 2.45. The predicted octanol–water partition coefficient (Wildman–Crippen LogP) is 0.0518. The van der Waals surface area contributed by atoms with Gasteiger partial charge >= 0.3 is 0 Å². The first kappa shape index (κ1) is 8.98. The van der Waals surface area contributed by atoms with Crippen molar-refractivity contribution in [1.29, 1.82) is 0 Å². The minimum atomic E-state index is -0.443. The maximum absolute atomic E-state index is 9.16. The summed E-state index contributed by atoms with van der Waals surface area (Å²) in [4.78, 5) is 0. The fourth-order valence-corrected chi connectivity index (χ4v) is 1.42. The van der Waals surface area contributed by atoms with Gasteiger partial charge < -0.3 is 14.3 Å². The minimum absolute atomic E-state index is 0.0109. The molecule has 0 unspecified atom stereocenters. The minimum Gasteiger partial charge on any atom is -0.415 e. The predicted molar refractivity (Wildman–Crippen MR) is 45.7 cm³/mol. The molecule has 1 aliphatic heterocycles. The molecule has 0 atom stereocenters. The molecule has 1 N–H and O–H groups in total. The molecule has 5 nitrogen and oxygen atoms in total. The number of ether oxygens (including phenoxy) is 1. The summed E-state index contributed by atoms with van der Waals surface area (Å²) in [5.41, 5.74) is -0.443. The van der Waals surface area contributed by atoms with Crippen molar-refractivity contribution in [2.45, 2.75) is 10.6 Å². The number of nitrogens with zero attached hydrogens (tertiary/aromatic N) is 2. The Hall–Kier alpha value is -0.590. The highest BCUT2D eigenvalue weighted by molar-refractivity contribution is 7.98. The van der Waals surface area contributed by atoms with Crippen molar-refractivity contribution in [3.63, 3.8) is 0 Å². The largest absolute Gasteiger partial charge is 0.415 e. The molecule has 6 heteroatoms. The van der Waals surface area contributed by atoms with Gasteiger partial charge in [0.15, 0.2) is 0 Å². The second-order valence-corrected chi connectivity index (χ2v) is 3.77. The Bertz CT molecular complexity index is 292. The maximum Gasteiger partial charge on any atom is 0.276 e. The molecule has 1 aromatic heterocycles. The Morgan fingerprint density at radius 2 is 2.31 bits per heavy atom. The van der Waals surface area contributed by atoms with E-state index in [1.165, 1.54) is 11.8 Å². The molecule has 2 heterocycles. The lowest BCUT2D eigenvalue weighted by Crippen LogP contribution is -2.50. The molecule has 0 aromatic carbocycles. The second kappa shape index (κ2) is 3.28. The van der Waals surface area contributed by atoms with Gasteiger partial charge in [0.1, 0.15) is 5.41 Å². The molecule has 0 spiro atoms. The molecule has 72 valence electrons. The highest BCUT2D eigenvalue weighted by Crippen LogP contribution is 2.31. The number of aliphatic hydroxyl groups excluding tert-OH is 1. The molecule has 0 amide bonds. The van der Waals surface area contributed by atoms with Crippen LogP contribution < -0.4 is 0 Å². The quantitative estimate of drug-likeness (QED) is 0.698. The molecule has 0 saturated carbocycles. The van der Waals surface area contributed by atoms with Gasteiger partial charge in [-0.3, -0.25) is 0 Å². The van der Waals surface area contributed by atoms with Gasteiger partial charge in [-0.1, -0.05) is 11.8 Å². The second-order valence-electron chi connectivity index (χ2n) is 3.01. The molecule has 0 aliphatic carbocycles. The topological polar surface area (TPSA) is 68.4 Å². The van der Waals surface area contributed by atoms with Crippen LogP contribution in [0.1, 0.15) is 5.89 Å². The van der Waals surface area contributed by atoms with E-state index in [1.54, 1.807) is 0 Å². The fraction of sp³-hybridized carbons (Fsp3) is 0.714. The Morgan fingerprint density at radius 1 is 1.54 bits per heavy atom. The molecule has 13 heavy (non-hydrogen) atoms. The van der Waals surface area contributed by atoms with Gasteiger partial charge in [0.2, 0.25) is 5.89 Å². The Balaban J connectivity index is 2.23. The number of aliphatic hydroxyl groups is 1. The first-order valence-electron chi connectivity index (χ1n) is 3.87. The van der Waals surface area contributed by atoms with Crippen LogP contribution in [0.5, 0.6) is 0 Å². The van der Waals surface area contributed by atoms with E-state index in [0.717, 1.165) is 0 Å². The van der Waals surface area contributed by atoms with Crippen LogP contribution >= 0.6 is 11.8 Å². The van der Waals surface area contributed by atoms with E-state index in [4.69, 9.17) is 14.3 Å². The van der Waals surface area contributed by atoms with E-state index in [9.17, 15) is 0 Å². The average molecular weight is 202 g/mol. The summed E-state index contributed by atoms with van der Waals surface area (Å²) in [7, 11) is 0. The first-order chi connectivity index (χ1) is 6.30. The van der Waals surface area contributed by atoms with Crippen LogP contribution in [0.25, 0.3) is 0 Å². The lowest BCUT2D eigenvalue weighted by atomic mass is 9.87. The molecule has 1 saturated heterocycles. The monoisotopic (exact) mass is 202 g/mol. The van der Waals surface area contributed by atoms with Crippen molar-refractivity contribution >= 4 is 11.8 Å². The zero-order valence-electron chi connectivity index (χ0n) is 7.19. The van der Waals surface area contributed by atoms with Crippen LogP contribution in [0, 0.1) is 0 Å². The van der Waals surface area contributed by atoms with Gasteiger partial charge in [-0.15, -0.1) is 10.2 Å². The summed E-state index contributed by atoms with van der Waals surface area (Å²) in [6, 6.07) is 0. The van der Waals surface area contributed by atoms with E-state index in [-0.39, 0.29) is 6.61 Å². The Morgan fingerprint density at radius 3 is 2.69 bits per heavy atom. The third-order valence-electron chi connectivity index (χ3n) is 2.09. The van der Waals surface area contributed by atoms with Crippen molar-refractivity contribution < 1.29 is 14.3 Å². The van der Waals surface area contributed by atoms with Crippen LogP contribution in [0.3, 0.4) is 0 Å². The number of rotatable bonds is 3. The number of thioether (sulfide) groups is 1. The molecular weight excluding hydrogens is 192 g/mol. The lowest BCUT2D eigenvalue weighted by molar-refractivity contribution is -0.0971. The molecule has 0 radical (unpaired) electrons. The standard InChI is InChI=1S/C7H10N2O3S/c1-13-6-9-8-5(12-6)7(2-10)3-11-4-7/h10H,2-4H2,1H3. The molecule has 1 aromatic rings. The first-order valence-corrected chi connectivity index (χ1v) is 5.10. The average Bonchev–Trinajstić information content (AvgIpc) is 2.52. The van der Waals surface area contributed by atoms with Gasteiger partial charge in [-0.25, -0.2) is 0 Å². The Kier molecular flexibility index (Phi) is 2.27. The van der Waals surface area contributed by atoms with Gasteiger partial charge in [0.25, 0.3) is 5.22 Å². The summed E-state index contributed by atoms with van der Waals surface area (Å²) in [5.74, 6) is 0.477. The molecule has 0 bridgehead atoms. The van der Waals surface area contributed by atoms with E-state index in [2.05, 4.69) is 10.2 Å². The van der Waals surface area contributed by atoms with Crippen molar-refractivity contribution in [3.8, 4) is 0 Å². The van der Waals surface area contributed by atoms with Crippen molar-refractivity contribution in [2.24, 2.45) is 0 Å². The zero-order valence-corrected chi connectivity index (χ0v) is 8.00. The van der Waals surface area contributed by atoms with Crippen LogP contribution in [0.2, 0.25) is 0 Å². The van der Waals surface area contributed by atoms with Crippen LogP contribution in [0.15, 0.2) is 9.64 Å². The molecule has 1 aliphatic rings. The number of hydrogen-bond donors (Lipinski definition) is 1. The van der Waals surface area contributed by atoms with E-state index in [1.807, 2.05) is 6.26 Å². The van der Waals surface area contributed by atoms with E-state index < -0.39 is 5.41 Å². The van der Waals surface area contributed by atoms with Gasteiger partial charge in [0.05, 0.1) is 19.8 Å². The van der Waals surface area contributed by atoms with Crippen molar-refractivity contribution in [3.05, 3.63) is 5.89 Å². The molecule has 2 rings (SSSR count). The fourth-order valence-electron chi connectivity index (χ4n) is 1.14. The summed E-state index contributed by atoms with van der Waals surface area (Å²) in [5, 5.41) is 17.4. The van der Waals surface area contributed by atoms with Crippen LogP contribution in [-0.4, -0.2) is 41.4 Å². The summed E-state index contributed by atoms with van der Waals surface area (Å²) >= 11 is 1.39. The normalized spacial score (nSPS) is 19.8. The van der Waals surface area contributed by atoms with Gasteiger partial charge in [0, 0.05) is 0 Å². The smallest absolute Gasteiger partial charge is 0.276 e. The van der Waals surface area contributed by atoms with Crippen LogP contribution in [-0.2, 0) is 10.2 Å². The highest BCUT2D eigenvalue weighted by atomic mass is 32.2. The van der Waals surface area contributed by atoms with Gasteiger partial charge in [-0.05, 0) is 6.26 Å². The summed E-state index contributed by atoms with van der Waals surface area (Å²) < 4.78 is 10.4. The summed E-state index contributed by atoms with van der Waals surface area (Å²) in [6.07, 6.45) is 1.86. The van der Waals surface area contributed by atoms with Crippen molar-refractivity contribution in [1.82, 2.24) is 10.2 Å². The van der Waals surface area contributed by atoms with Gasteiger partial charge in [-0.2, -0.15) is 0 Å². The van der Waals surface area contributed by atoms with E-state index >= 15 is 0 Å². The summed E-state index contributed by atoms with van der Waals surface area (Å²) in [6.45, 7) is 0.905. The molecule has 1 fully saturated rings. The third-order valence-corrected chi connectivity index (χ3v) is 2.61. The SMILES string of the molecule is CSc1nnc(C2(CO)COC2)o1. The molecular formula is C7H10N2O3S. The number of hydrogen-bond acceptors (Lipinski definition) is 6. The van der Waals surface area contributed by atoms with E-state index in [0.29, 0.717) is 24.3 Å². The zero-order chi connectivity index (χ0) is 9.31. The van der Waals surface area contributed by atoms with Crippen molar-refractivity contribution in [2.75, 3.05) is 26.1 Å². The Labute approximate surface area is 79.5 Å². The number of aromatic nitrogens is 2.